The van der Waals surface area contributed by atoms with Crippen LogP contribution in [-0.4, -0.2) is 35.7 Å². The van der Waals surface area contributed by atoms with E-state index in [2.05, 4.69) is 10.3 Å². The van der Waals surface area contributed by atoms with Crippen molar-refractivity contribution in [2.75, 3.05) is 20.3 Å². The third-order valence-corrected chi connectivity index (χ3v) is 3.42. The summed E-state index contributed by atoms with van der Waals surface area (Å²) in [4.78, 5) is 15.4. The minimum Gasteiger partial charge on any atom is -0.381 e. The summed E-state index contributed by atoms with van der Waals surface area (Å²) in [7, 11) is 1.64. The molecule has 1 saturated heterocycles. The van der Waals surface area contributed by atoms with Gasteiger partial charge in [-0.1, -0.05) is 0 Å². The Kier molecular flexibility index (Phi) is 4.33. The van der Waals surface area contributed by atoms with Crippen molar-refractivity contribution < 1.29 is 9.53 Å². The minimum absolute atomic E-state index is 0.0208. The van der Waals surface area contributed by atoms with Crippen LogP contribution in [0, 0.1) is 5.92 Å². The Hall–Kier alpha value is -1.40. The van der Waals surface area contributed by atoms with Crippen LogP contribution in [0.3, 0.4) is 0 Å². The summed E-state index contributed by atoms with van der Waals surface area (Å²) in [5.74, 6) is 0.368. The first-order valence-corrected chi connectivity index (χ1v) is 6.26. The standard InChI is InChI=1S/C12H20N4O2/c1-14-11(17)2-4-16-8-15-6-10(16)12(13)9-3-5-18-7-9/h6,8-9,12H,2-5,7,13H2,1H3,(H,14,17). The number of hydrogen-bond donors (Lipinski definition) is 2. The van der Waals surface area contributed by atoms with Crippen LogP contribution in [0.4, 0.5) is 0 Å². The van der Waals surface area contributed by atoms with E-state index in [0.717, 1.165) is 18.7 Å². The summed E-state index contributed by atoms with van der Waals surface area (Å²) in [5, 5.41) is 2.61. The third-order valence-electron chi connectivity index (χ3n) is 3.42. The fourth-order valence-electron chi connectivity index (χ4n) is 2.22. The molecule has 100 valence electrons. The fourth-order valence-corrected chi connectivity index (χ4v) is 2.22. The number of nitrogens with one attached hydrogen (secondary N) is 1. The molecular weight excluding hydrogens is 232 g/mol. The van der Waals surface area contributed by atoms with E-state index in [4.69, 9.17) is 10.5 Å². The molecule has 2 rings (SSSR count). The van der Waals surface area contributed by atoms with Crippen molar-refractivity contribution in [3.63, 3.8) is 0 Å². The lowest BCUT2D eigenvalue weighted by Gasteiger charge is -2.19. The van der Waals surface area contributed by atoms with Gasteiger partial charge in [-0.25, -0.2) is 4.98 Å². The lowest BCUT2D eigenvalue weighted by atomic mass is 9.97. The number of rotatable bonds is 5. The quantitative estimate of drug-likeness (QED) is 0.776. The Labute approximate surface area is 107 Å². The number of carbonyl (C=O) groups excluding carboxylic acids is 1. The molecule has 1 fully saturated rings. The Morgan fingerprint density at radius 2 is 2.61 bits per heavy atom. The average Bonchev–Trinajstić information content (AvgIpc) is 3.05. The van der Waals surface area contributed by atoms with E-state index in [1.807, 2.05) is 4.57 Å². The van der Waals surface area contributed by atoms with Crippen molar-refractivity contribution in [2.45, 2.75) is 25.4 Å². The first-order valence-electron chi connectivity index (χ1n) is 6.26. The predicted octanol–water partition coefficient (Wildman–Crippen LogP) is 0.0555. The first kappa shape index (κ1) is 13.0. The number of carbonyl (C=O) groups is 1. The van der Waals surface area contributed by atoms with E-state index in [1.165, 1.54) is 0 Å². The Morgan fingerprint density at radius 3 is 3.28 bits per heavy atom. The molecule has 1 amide bonds. The van der Waals surface area contributed by atoms with Gasteiger partial charge in [0.25, 0.3) is 0 Å². The largest absolute Gasteiger partial charge is 0.381 e. The predicted molar refractivity (Wildman–Crippen MR) is 66.8 cm³/mol. The van der Waals surface area contributed by atoms with E-state index < -0.39 is 0 Å². The molecule has 1 aromatic rings. The molecule has 1 aliphatic rings. The molecule has 0 bridgehead atoms. The minimum atomic E-state index is -0.0697. The molecule has 6 nitrogen and oxygen atoms in total. The molecule has 0 radical (unpaired) electrons. The molecule has 3 N–H and O–H groups in total. The Balaban J connectivity index is 2.00. The van der Waals surface area contributed by atoms with Crippen LogP contribution in [0.1, 0.15) is 24.6 Å². The van der Waals surface area contributed by atoms with Gasteiger partial charge in [0, 0.05) is 38.7 Å². The molecule has 0 spiro atoms. The number of ether oxygens (including phenoxy) is 1. The summed E-state index contributed by atoms with van der Waals surface area (Å²) in [6.45, 7) is 2.10. The smallest absolute Gasteiger partial charge is 0.221 e. The number of nitrogens with two attached hydrogens (primary N) is 1. The number of imidazole rings is 1. The van der Waals surface area contributed by atoms with Crippen molar-refractivity contribution in [3.05, 3.63) is 18.2 Å². The molecule has 2 unspecified atom stereocenters. The molecular formula is C12H20N4O2. The number of aryl methyl sites for hydroxylation is 1. The highest BCUT2D eigenvalue weighted by Crippen LogP contribution is 2.26. The van der Waals surface area contributed by atoms with Crippen molar-refractivity contribution in [3.8, 4) is 0 Å². The van der Waals surface area contributed by atoms with Crippen molar-refractivity contribution >= 4 is 5.91 Å². The van der Waals surface area contributed by atoms with Gasteiger partial charge in [-0.15, -0.1) is 0 Å². The number of nitrogens with zero attached hydrogens (tertiary/aromatic N) is 2. The Bertz CT molecular complexity index is 399. The first-order chi connectivity index (χ1) is 8.72. The van der Waals surface area contributed by atoms with Gasteiger partial charge in [0.15, 0.2) is 0 Å². The van der Waals surface area contributed by atoms with Gasteiger partial charge in [-0.05, 0) is 6.42 Å². The zero-order chi connectivity index (χ0) is 13.0. The van der Waals surface area contributed by atoms with Gasteiger partial charge < -0.3 is 20.4 Å². The zero-order valence-corrected chi connectivity index (χ0v) is 10.6. The highest BCUT2D eigenvalue weighted by molar-refractivity contribution is 5.75. The van der Waals surface area contributed by atoms with E-state index in [1.54, 1.807) is 19.6 Å². The van der Waals surface area contributed by atoms with Crippen LogP contribution in [-0.2, 0) is 16.1 Å². The van der Waals surface area contributed by atoms with Crippen LogP contribution in [0.25, 0.3) is 0 Å². The highest BCUT2D eigenvalue weighted by Gasteiger charge is 2.26. The van der Waals surface area contributed by atoms with Crippen LogP contribution < -0.4 is 11.1 Å². The van der Waals surface area contributed by atoms with Gasteiger partial charge >= 0.3 is 0 Å². The summed E-state index contributed by atoms with van der Waals surface area (Å²) in [5.41, 5.74) is 7.22. The summed E-state index contributed by atoms with van der Waals surface area (Å²) >= 11 is 0. The van der Waals surface area contributed by atoms with E-state index in [9.17, 15) is 4.79 Å². The normalized spacial score (nSPS) is 20.9. The van der Waals surface area contributed by atoms with Crippen molar-refractivity contribution in [2.24, 2.45) is 11.7 Å². The number of hydrogen-bond acceptors (Lipinski definition) is 4. The fraction of sp³-hybridized carbons (Fsp3) is 0.667. The monoisotopic (exact) mass is 252 g/mol. The van der Waals surface area contributed by atoms with Gasteiger partial charge in [-0.2, -0.15) is 0 Å². The van der Waals surface area contributed by atoms with Gasteiger partial charge in [0.05, 0.1) is 24.7 Å². The molecule has 2 atom stereocenters. The summed E-state index contributed by atoms with van der Waals surface area (Å²) < 4.78 is 7.31. The van der Waals surface area contributed by atoms with Crippen LogP contribution in [0.15, 0.2) is 12.5 Å². The Morgan fingerprint density at radius 1 is 1.78 bits per heavy atom. The second kappa shape index (κ2) is 5.97. The molecule has 0 aromatic carbocycles. The highest BCUT2D eigenvalue weighted by atomic mass is 16.5. The molecule has 2 heterocycles. The zero-order valence-electron chi connectivity index (χ0n) is 10.6. The maximum absolute atomic E-state index is 11.2. The van der Waals surface area contributed by atoms with Crippen LogP contribution in [0.2, 0.25) is 0 Å². The van der Waals surface area contributed by atoms with Gasteiger partial charge in [-0.3, -0.25) is 4.79 Å². The van der Waals surface area contributed by atoms with Gasteiger partial charge in [0.1, 0.15) is 0 Å². The van der Waals surface area contributed by atoms with Crippen molar-refractivity contribution in [1.29, 1.82) is 0 Å². The van der Waals surface area contributed by atoms with Crippen molar-refractivity contribution in [1.82, 2.24) is 14.9 Å². The molecule has 1 aliphatic heterocycles. The van der Waals surface area contributed by atoms with E-state index in [-0.39, 0.29) is 11.9 Å². The molecule has 18 heavy (non-hydrogen) atoms. The lowest BCUT2D eigenvalue weighted by molar-refractivity contribution is -0.120. The average molecular weight is 252 g/mol. The molecule has 6 heteroatoms. The molecule has 0 aliphatic carbocycles. The SMILES string of the molecule is CNC(=O)CCn1cncc1C(N)C1CCOC1. The van der Waals surface area contributed by atoms with Gasteiger partial charge in [0.2, 0.25) is 5.91 Å². The molecule has 1 aromatic heterocycles. The maximum atomic E-state index is 11.2. The van der Waals surface area contributed by atoms with Crippen LogP contribution in [0.5, 0.6) is 0 Å². The maximum Gasteiger partial charge on any atom is 0.221 e. The number of amides is 1. The molecule has 0 saturated carbocycles. The van der Waals surface area contributed by atoms with Crippen LogP contribution >= 0.6 is 0 Å². The second-order valence-corrected chi connectivity index (χ2v) is 4.58. The summed E-state index contributed by atoms with van der Waals surface area (Å²) in [6, 6.07) is -0.0697. The number of aromatic nitrogens is 2. The topological polar surface area (TPSA) is 82.2 Å². The van der Waals surface area contributed by atoms with E-state index in [0.29, 0.717) is 25.5 Å². The second-order valence-electron chi connectivity index (χ2n) is 4.58. The third kappa shape index (κ3) is 2.88. The lowest BCUT2D eigenvalue weighted by Crippen LogP contribution is -2.25. The summed E-state index contributed by atoms with van der Waals surface area (Å²) in [6.07, 6.45) is 4.94. The van der Waals surface area contributed by atoms with E-state index >= 15 is 0 Å².